The molecule has 2 heterocycles. The summed E-state index contributed by atoms with van der Waals surface area (Å²) in [6, 6.07) is 20.1. The number of fused-ring (bicyclic) bond motifs is 1. The molecule has 33 heavy (non-hydrogen) atoms. The first-order valence-corrected chi connectivity index (χ1v) is 11.9. The molecule has 3 aromatic carbocycles. The highest BCUT2D eigenvalue weighted by atomic mass is 35.5. The van der Waals surface area contributed by atoms with Gasteiger partial charge in [-0.1, -0.05) is 59.1 Å². The maximum Gasteiger partial charge on any atom is 0.298 e. The molecule has 0 saturated carbocycles. The molecule has 0 aliphatic carbocycles. The van der Waals surface area contributed by atoms with Crippen LogP contribution in [-0.4, -0.2) is 15.7 Å². The summed E-state index contributed by atoms with van der Waals surface area (Å²) in [6.45, 7) is 0.581. The molecule has 2 amide bonds. The smallest absolute Gasteiger partial charge is 0.298 e. The first kappa shape index (κ1) is 22.1. The second-order valence-corrected chi connectivity index (χ2v) is 9.72. The van der Waals surface area contributed by atoms with E-state index in [2.05, 4.69) is 4.57 Å². The quantitative estimate of drug-likeness (QED) is 0.261. The van der Waals surface area contributed by atoms with Crippen LogP contribution in [-0.2, 0) is 11.3 Å². The zero-order chi connectivity index (χ0) is 23.1. The van der Waals surface area contributed by atoms with E-state index in [0.717, 1.165) is 33.8 Å². The lowest BCUT2D eigenvalue weighted by Crippen LogP contribution is -2.27. The number of halogens is 3. The van der Waals surface area contributed by atoms with Crippen molar-refractivity contribution in [1.29, 1.82) is 0 Å². The minimum absolute atomic E-state index is 0.340. The zero-order valence-electron chi connectivity index (χ0n) is 17.0. The van der Waals surface area contributed by atoms with Crippen LogP contribution in [0.1, 0.15) is 11.1 Å². The van der Waals surface area contributed by atoms with E-state index in [0.29, 0.717) is 32.2 Å². The fraction of sp³-hybridized carbons (Fsp3) is 0.0400. The minimum Gasteiger partial charge on any atom is -0.342 e. The fourth-order valence-electron chi connectivity index (χ4n) is 3.78. The number of rotatable bonds is 4. The second-order valence-electron chi connectivity index (χ2n) is 7.47. The van der Waals surface area contributed by atoms with Crippen LogP contribution in [0.5, 0.6) is 0 Å². The Bertz CT molecular complexity index is 1440. The number of nitrogens with zero attached hydrogens (tertiary/aromatic N) is 2. The Morgan fingerprint density at radius 1 is 0.879 bits per heavy atom. The van der Waals surface area contributed by atoms with Crippen LogP contribution in [0.4, 0.5) is 10.5 Å². The van der Waals surface area contributed by atoms with Crippen LogP contribution in [0.2, 0.25) is 15.1 Å². The lowest BCUT2D eigenvalue weighted by molar-refractivity contribution is -0.113. The van der Waals surface area contributed by atoms with Gasteiger partial charge < -0.3 is 4.57 Å². The highest BCUT2D eigenvalue weighted by molar-refractivity contribution is 8.19. The Hall–Kier alpha value is -2.70. The van der Waals surface area contributed by atoms with Gasteiger partial charge in [0.15, 0.2) is 0 Å². The molecule has 0 bridgehead atoms. The number of carbonyl (C=O) groups is 2. The van der Waals surface area contributed by atoms with Crippen LogP contribution >= 0.6 is 46.6 Å². The van der Waals surface area contributed by atoms with Gasteiger partial charge in [-0.3, -0.25) is 9.59 Å². The molecular weight excluding hydrogens is 499 g/mol. The van der Waals surface area contributed by atoms with Gasteiger partial charge in [0.2, 0.25) is 0 Å². The third-order valence-corrected chi connectivity index (χ3v) is 7.18. The molecule has 1 aromatic heterocycles. The van der Waals surface area contributed by atoms with E-state index in [1.165, 1.54) is 4.90 Å². The van der Waals surface area contributed by atoms with E-state index in [4.69, 9.17) is 34.8 Å². The number of benzene rings is 3. The number of hydrogen-bond donors (Lipinski definition) is 0. The molecule has 0 radical (unpaired) electrons. The van der Waals surface area contributed by atoms with Crippen molar-refractivity contribution >= 4 is 80.4 Å². The summed E-state index contributed by atoms with van der Waals surface area (Å²) in [7, 11) is 0. The molecule has 5 rings (SSSR count). The summed E-state index contributed by atoms with van der Waals surface area (Å²) in [5.74, 6) is -0.353. The Morgan fingerprint density at radius 2 is 1.64 bits per heavy atom. The standard InChI is InChI=1S/C25H15Cl3N2O2S/c26-17-6-8-18(9-7-17)30-24(31)23(33-25(30)32)12-16-14-29(22-4-2-1-3-19(16)22)13-15-5-10-20(27)21(28)11-15/h1-12,14H,13H2/b23-12+. The number of anilines is 1. The van der Waals surface area contributed by atoms with E-state index in [-0.39, 0.29) is 11.1 Å². The third kappa shape index (κ3) is 4.30. The van der Waals surface area contributed by atoms with E-state index in [1.807, 2.05) is 42.6 Å². The van der Waals surface area contributed by atoms with Gasteiger partial charge >= 0.3 is 0 Å². The monoisotopic (exact) mass is 512 g/mol. The number of aromatic nitrogens is 1. The predicted molar refractivity (Wildman–Crippen MR) is 137 cm³/mol. The normalized spacial score (nSPS) is 15.2. The van der Waals surface area contributed by atoms with Crippen LogP contribution in [0.3, 0.4) is 0 Å². The largest absolute Gasteiger partial charge is 0.342 e. The Labute approximate surface area is 209 Å². The van der Waals surface area contributed by atoms with Gasteiger partial charge in [0.1, 0.15) is 0 Å². The lowest BCUT2D eigenvalue weighted by Gasteiger charge is -2.12. The van der Waals surface area contributed by atoms with Gasteiger partial charge in [0.05, 0.1) is 20.6 Å². The van der Waals surface area contributed by atoms with Crippen molar-refractivity contribution < 1.29 is 9.59 Å². The van der Waals surface area contributed by atoms with Crippen molar-refractivity contribution in [1.82, 2.24) is 4.57 Å². The van der Waals surface area contributed by atoms with E-state index in [1.54, 1.807) is 36.4 Å². The number of amides is 2. The molecule has 0 unspecified atom stereocenters. The summed E-state index contributed by atoms with van der Waals surface area (Å²) in [5, 5.41) is 2.19. The maximum atomic E-state index is 13.1. The first-order valence-electron chi connectivity index (χ1n) is 9.96. The molecule has 1 aliphatic heterocycles. The lowest BCUT2D eigenvalue weighted by atomic mass is 10.1. The molecule has 0 atom stereocenters. The van der Waals surface area contributed by atoms with Gasteiger partial charge in [-0.05, 0) is 65.9 Å². The molecule has 1 fully saturated rings. The third-order valence-electron chi connectivity index (χ3n) is 5.32. The van der Waals surface area contributed by atoms with Gasteiger partial charge in [0.25, 0.3) is 11.1 Å². The summed E-state index contributed by atoms with van der Waals surface area (Å²) in [5.41, 5.74) is 3.35. The fourth-order valence-corrected chi connectivity index (χ4v) is 5.06. The molecule has 1 saturated heterocycles. The molecule has 0 spiro atoms. The van der Waals surface area contributed by atoms with Gasteiger partial charge in [-0.15, -0.1) is 0 Å². The average molecular weight is 514 g/mol. The molecule has 164 valence electrons. The summed E-state index contributed by atoms with van der Waals surface area (Å²) >= 11 is 19.1. The van der Waals surface area contributed by atoms with Crippen molar-refractivity contribution in [2.24, 2.45) is 0 Å². The number of imide groups is 1. The van der Waals surface area contributed by atoms with Crippen molar-refractivity contribution in [3.63, 3.8) is 0 Å². The van der Waals surface area contributed by atoms with Crippen LogP contribution in [0.25, 0.3) is 17.0 Å². The first-order chi connectivity index (χ1) is 15.9. The van der Waals surface area contributed by atoms with Crippen LogP contribution in [0, 0.1) is 0 Å². The molecule has 8 heteroatoms. The second kappa shape index (κ2) is 8.92. The molecular formula is C25H15Cl3N2O2S. The minimum atomic E-state index is -0.353. The molecule has 0 N–H and O–H groups in total. The highest BCUT2D eigenvalue weighted by Gasteiger charge is 2.36. The molecule has 4 aromatic rings. The van der Waals surface area contributed by atoms with E-state index in [9.17, 15) is 9.59 Å². The zero-order valence-corrected chi connectivity index (χ0v) is 20.1. The Morgan fingerprint density at radius 3 is 2.39 bits per heavy atom. The van der Waals surface area contributed by atoms with Crippen LogP contribution < -0.4 is 4.90 Å². The van der Waals surface area contributed by atoms with Gasteiger partial charge in [-0.2, -0.15) is 0 Å². The summed E-state index contributed by atoms with van der Waals surface area (Å²) in [4.78, 5) is 27.2. The van der Waals surface area contributed by atoms with E-state index < -0.39 is 0 Å². The summed E-state index contributed by atoms with van der Waals surface area (Å²) < 4.78 is 2.09. The van der Waals surface area contributed by atoms with Crippen molar-refractivity contribution in [3.8, 4) is 0 Å². The van der Waals surface area contributed by atoms with Gasteiger partial charge in [0, 0.05) is 34.2 Å². The van der Waals surface area contributed by atoms with Crippen molar-refractivity contribution in [3.05, 3.63) is 104 Å². The van der Waals surface area contributed by atoms with Gasteiger partial charge in [-0.25, -0.2) is 4.90 Å². The number of hydrogen-bond acceptors (Lipinski definition) is 3. The van der Waals surface area contributed by atoms with E-state index >= 15 is 0 Å². The Kier molecular flexibility index (Phi) is 5.97. The topological polar surface area (TPSA) is 42.3 Å². The number of thioether (sulfide) groups is 1. The molecule has 1 aliphatic rings. The highest BCUT2D eigenvalue weighted by Crippen LogP contribution is 2.37. The van der Waals surface area contributed by atoms with Crippen molar-refractivity contribution in [2.75, 3.05) is 4.90 Å². The predicted octanol–water partition coefficient (Wildman–Crippen LogP) is 7.89. The Balaban J connectivity index is 1.51. The maximum absolute atomic E-state index is 13.1. The SMILES string of the molecule is O=C1S/C(=C/c2cn(Cc3ccc(Cl)c(Cl)c3)c3ccccc23)C(=O)N1c1ccc(Cl)cc1. The van der Waals surface area contributed by atoms with Crippen molar-refractivity contribution in [2.45, 2.75) is 6.54 Å². The number of para-hydroxylation sites is 1. The average Bonchev–Trinajstić information content (AvgIpc) is 3.28. The molecule has 4 nitrogen and oxygen atoms in total. The summed E-state index contributed by atoms with van der Waals surface area (Å²) in [6.07, 6.45) is 3.75. The van der Waals surface area contributed by atoms with Crippen LogP contribution in [0.15, 0.2) is 77.8 Å². The number of carbonyl (C=O) groups excluding carboxylic acids is 2.